The van der Waals surface area contributed by atoms with Gasteiger partial charge in [-0.3, -0.25) is 9.36 Å². The molecule has 0 bridgehead atoms. The molecule has 0 radical (unpaired) electrons. The Morgan fingerprint density at radius 2 is 1.86 bits per heavy atom. The van der Waals surface area contributed by atoms with E-state index >= 15 is 0 Å². The number of aliphatic hydroxyl groups is 1. The van der Waals surface area contributed by atoms with Crippen molar-refractivity contribution in [3.05, 3.63) is 109 Å². The Hall–Kier alpha value is -3.59. The van der Waals surface area contributed by atoms with Gasteiger partial charge in [0.1, 0.15) is 5.82 Å². The van der Waals surface area contributed by atoms with Crippen LogP contribution in [0.1, 0.15) is 46.4 Å². The van der Waals surface area contributed by atoms with Crippen LogP contribution in [0.25, 0.3) is 11.1 Å². The molecule has 0 spiro atoms. The zero-order chi connectivity index (χ0) is 25.1. The largest absolute Gasteiger partial charge is 0.348 e. The van der Waals surface area contributed by atoms with Crippen LogP contribution in [0.5, 0.6) is 0 Å². The maximum Gasteiger partial charge on any atom is 0.280 e. The second kappa shape index (κ2) is 10.6. The highest BCUT2D eigenvalue weighted by Gasteiger charge is 2.19. The molecule has 1 unspecified atom stereocenters. The fourth-order valence-electron chi connectivity index (χ4n) is 4.47. The number of amidine groups is 1. The van der Waals surface area contributed by atoms with Gasteiger partial charge in [-0.1, -0.05) is 67.9 Å². The number of hydroxylamine groups is 1. The van der Waals surface area contributed by atoms with E-state index in [1.54, 1.807) is 15.9 Å². The lowest BCUT2D eigenvalue weighted by molar-refractivity contribution is -0.102. The van der Waals surface area contributed by atoms with E-state index in [0.29, 0.717) is 18.8 Å². The summed E-state index contributed by atoms with van der Waals surface area (Å²) in [4.78, 5) is 28.6. The van der Waals surface area contributed by atoms with Crippen molar-refractivity contribution >= 4 is 17.2 Å². The molecule has 2 aromatic carbocycles. The van der Waals surface area contributed by atoms with E-state index in [4.69, 9.17) is 9.82 Å². The number of nitrogens with one attached hydrogen (secondary N) is 1. The molecule has 0 saturated heterocycles. The van der Waals surface area contributed by atoms with Crippen LogP contribution in [0.15, 0.2) is 75.8 Å². The van der Waals surface area contributed by atoms with Crippen LogP contribution in [0, 0.1) is 6.92 Å². The molecular weight excluding hydrogens is 472 g/mol. The third kappa shape index (κ3) is 5.02. The first kappa shape index (κ1) is 24.1. The maximum atomic E-state index is 13.6. The molecule has 0 amide bonds. The number of benzene rings is 2. The summed E-state index contributed by atoms with van der Waals surface area (Å²) >= 11 is 1.65. The number of hydrogen-bond acceptors (Lipinski definition) is 7. The van der Waals surface area contributed by atoms with Gasteiger partial charge in [0.25, 0.3) is 12.0 Å². The van der Waals surface area contributed by atoms with Gasteiger partial charge in [0.2, 0.25) is 0 Å². The molecule has 36 heavy (non-hydrogen) atoms. The lowest BCUT2D eigenvalue weighted by Crippen LogP contribution is -2.29. The van der Waals surface area contributed by atoms with E-state index in [2.05, 4.69) is 29.5 Å². The topological polar surface area (TPSA) is 88.7 Å². The average molecular weight is 501 g/mol. The third-order valence-electron chi connectivity index (χ3n) is 6.25. The molecule has 1 aliphatic rings. The van der Waals surface area contributed by atoms with Crippen LogP contribution in [0.3, 0.4) is 0 Å². The average Bonchev–Trinajstić information content (AvgIpc) is 3.56. The van der Waals surface area contributed by atoms with E-state index in [0.717, 1.165) is 57.1 Å². The van der Waals surface area contributed by atoms with E-state index in [-0.39, 0.29) is 5.56 Å². The minimum absolute atomic E-state index is 0.0395. The molecule has 4 aromatic rings. The van der Waals surface area contributed by atoms with Gasteiger partial charge in [0, 0.05) is 22.4 Å². The summed E-state index contributed by atoms with van der Waals surface area (Å²) in [6, 6.07) is 20.1. The molecule has 0 fully saturated rings. The standard InChI is InChI=1S/C28H28N4O3S/c1-3-7-25-24(27(33)32(18(2)29-25)17-21-8-6-15-36-21)16-19-11-13-20(14-12-19)22-9-4-5-10-23(22)26-30-28(34)35-31-26/h4-6,8-15,28,34H,3,7,16-17H2,1-2H3,(H,30,31). The molecule has 5 rings (SSSR count). The molecular formula is C28H28N4O3S. The first-order valence-electron chi connectivity index (χ1n) is 12.0. The molecule has 0 saturated carbocycles. The Morgan fingerprint density at radius 1 is 1.08 bits per heavy atom. The number of hydrogen-bond donors (Lipinski definition) is 2. The van der Waals surface area contributed by atoms with Gasteiger partial charge >= 0.3 is 0 Å². The van der Waals surface area contributed by atoms with Gasteiger partial charge in [0.05, 0.1) is 12.2 Å². The lowest BCUT2D eigenvalue weighted by Gasteiger charge is -2.15. The Morgan fingerprint density at radius 3 is 2.53 bits per heavy atom. The van der Waals surface area contributed by atoms with Crippen molar-refractivity contribution in [1.82, 2.24) is 15.0 Å². The Balaban J connectivity index is 1.46. The van der Waals surface area contributed by atoms with Crippen LogP contribution >= 0.6 is 11.3 Å². The van der Waals surface area contributed by atoms with Crippen molar-refractivity contribution in [2.45, 2.75) is 46.1 Å². The predicted octanol–water partition coefficient (Wildman–Crippen LogP) is 4.43. The van der Waals surface area contributed by atoms with Crippen LogP contribution in [0.2, 0.25) is 0 Å². The van der Waals surface area contributed by atoms with Gasteiger partial charge in [-0.05, 0) is 41.5 Å². The van der Waals surface area contributed by atoms with Crippen LogP contribution < -0.4 is 11.0 Å². The summed E-state index contributed by atoms with van der Waals surface area (Å²) in [5.74, 6) is 1.24. The van der Waals surface area contributed by atoms with Crippen molar-refractivity contribution in [2.75, 3.05) is 0 Å². The SMILES string of the molecule is CCCc1nc(C)n(Cc2cccs2)c(=O)c1Cc1ccc(-c2ccccc2C2=NC(O)ON2)cc1. The van der Waals surface area contributed by atoms with Gasteiger partial charge in [-0.25, -0.2) is 20.3 Å². The van der Waals surface area contributed by atoms with Crippen molar-refractivity contribution in [3.8, 4) is 11.1 Å². The van der Waals surface area contributed by atoms with Crippen LogP contribution in [-0.4, -0.2) is 26.9 Å². The number of aliphatic hydroxyl groups excluding tert-OH is 1. The van der Waals surface area contributed by atoms with Crippen LogP contribution in [0.4, 0.5) is 0 Å². The molecule has 1 aliphatic heterocycles. The number of nitrogens with zero attached hydrogens (tertiary/aromatic N) is 3. The maximum absolute atomic E-state index is 13.6. The molecule has 2 aromatic heterocycles. The molecule has 2 N–H and O–H groups in total. The van der Waals surface area contributed by atoms with Crippen molar-refractivity contribution in [3.63, 3.8) is 0 Å². The van der Waals surface area contributed by atoms with E-state index in [1.165, 1.54) is 0 Å². The van der Waals surface area contributed by atoms with Crippen LogP contribution in [-0.2, 0) is 24.2 Å². The number of rotatable bonds is 8. The summed E-state index contributed by atoms with van der Waals surface area (Å²) < 4.78 is 1.79. The molecule has 7 nitrogen and oxygen atoms in total. The van der Waals surface area contributed by atoms with Crippen molar-refractivity contribution < 1.29 is 9.94 Å². The fourth-order valence-corrected chi connectivity index (χ4v) is 5.16. The predicted molar refractivity (Wildman–Crippen MR) is 142 cm³/mol. The van der Waals surface area contributed by atoms with E-state index in [9.17, 15) is 9.90 Å². The van der Waals surface area contributed by atoms with Gasteiger partial charge in [-0.15, -0.1) is 11.3 Å². The monoisotopic (exact) mass is 500 g/mol. The van der Waals surface area contributed by atoms with E-state index in [1.807, 2.05) is 60.8 Å². The summed E-state index contributed by atoms with van der Waals surface area (Å²) in [5.41, 5.74) is 8.24. The molecule has 0 aliphatic carbocycles. The number of aromatic nitrogens is 2. The first-order chi connectivity index (χ1) is 17.5. The Labute approximate surface area is 213 Å². The second-order valence-electron chi connectivity index (χ2n) is 8.75. The second-order valence-corrected chi connectivity index (χ2v) is 9.78. The zero-order valence-electron chi connectivity index (χ0n) is 20.3. The third-order valence-corrected chi connectivity index (χ3v) is 7.11. The molecule has 184 valence electrons. The van der Waals surface area contributed by atoms with Gasteiger partial charge < -0.3 is 5.11 Å². The summed E-state index contributed by atoms with van der Waals surface area (Å²) in [5, 5.41) is 11.6. The van der Waals surface area contributed by atoms with E-state index < -0.39 is 6.41 Å². The summed E-state index contributed by atoms with van der Waals surface area (Å²) in [6.07, 6.45) is 1.03. The summed E-state index contributed by atoms with van der Waals surface area (Å²) in [6.45, 7) is 4.57. The zero-order valence-corrected chi connectivity index (χ0v) is 21.1. The fraction of sp³-hybridized carbons (Fsp3) is 0.250. The molecule has 3 heterocycles. The first-order valence-corrected chi connectivity index (χ1v) is 12.9. The smallest absolute Gasteiger partial charge is 0.280 e. The Bertz CT molecular complexity index is 1440. The van der Waals surface area contributed by atoms with Crippen molar-refractivity contribution in [2.24, 2.45) is 4.99 Å². The number of thiophene rings is 1. The highest BCUT2D eigenvalue weighted by molar-refractivity contribution is 7.09. The molecule has 8 heteroatoms. The highest BCUT2D eigenvalue weighted by Crippen LogP contribution is 2.26. The van der Waals surface area contributed by atoms with Crippen molar-refractivity contribution in [1.29, 1.82) is 0 Å². The number of aryl methyl sites for hydroxylation is 2. The minimum Gasteiger partial charge on any atom is -0.348 e. The lowest BCUT2D eigenvalue weighted by atomic mass is 9.96. The highest BCUT2D eigenvalue weighted by atomic mass is 32.1. The Kier molecular flexibility index (Phi) is 7.09. The number of aliphatic imine (C=N–C) groups is 1. The summed E-state index contributed by atoms with van der Waals surface area (Å²) in [7, 11) is 0. The van der Waals surface area contributed by atoms with Gasteiger partial charge in [0.15, 0.2) is 5.84 Å². The minimum atomic E-state index is -1.21. The molecule has 1 atom stereocenters. The van der Waals surface area contributed by atoms with Gasteiger partial charge in [-0.2, -0.15) is 0 Å². The quantitative estimate of drug-likeness (QED) is 0.374. The normalized spacial score (nSPS) is 15.1.